The van der Waals surface area contributed by atoms with Gasteiger partial charge >= 0.3 is 17.9 Å². The first-order valence-corrected chi connectivity index (χ1v) is 9.44. The summed E-state index contributed by atoms with van der Waals surface area (Å²) in [5.74, 6) is -2.60. The Morgan fingerprint density at radius 2 is 1.86 bits per heavy atom. The van der Waals surface area contributed by atoms with Crippen LogP contribution >= 0.6 is 0 Å². The fourth-order valence-corrected chi connectivity index (χ4v) is 4.59. The molecule has 0 aromatic carbocycles. The molecule has 2 aliphatic rings. The second kappa shape index (κ2) is 7.57. The van der Waals surface area contributed by atoms with Crippen molar-refractivity contribution in [2.45, 2.75) is 65.8 Å². The molecule has 6 heteroatoms. The minimum absolute atomic E-state index is 0.242. The Kier molecular flexibility index (Phi) is 5.93. The van der Waals surface area contributed by atoms with Crippen molar-refractivity contribution in [2.75, 3.05) is 0 Å². The molecule has 2 fully saturated rings. The number of carbonyl (C=O) groups is 3. The summed E-state index contributed by atoms with van der Waals surface area (Å²) in [6.07, 6.45) is 2.52. The van der Waals surface area contributed by atoms with Crippen molar-refractivity contribution in [1.29, 1.82) is 0 Å². The van der Waals surface area contributed by atoms with Gasteiger partial charge in [-0.1, -0.05) is 31.2 Å². The quantitative estimate of drug-likeness (QED) is 0.309. The molecule has 1 saturated heterocycles. The Morgan fingerprint density at radius 1 is 1.25 bits per heavy atom. The van der Waals surface area contributed by atoms with Crippen LogP contribution in [-0.4, -0.2) is 35.7 Å². The number of fused-ring (bicyclic) bond motifs is 1. The first-order valence-electron chi connectivity index (χ1n) is 9.44. The molecule has 1 saturated carbocycles. The molecular formula is C22H30O6. The van der Waals surface area contributed by atoms with Gasteiger partial charge in [0.1, 0.15) is 12.2 Å². The van der Waals surface area contributed by atoms with E-state index in [0.29, 0.717) is 12.0 Å². The van der Waals surface area contributed by atoms with E-state index in [1.54, 1.807) is 26.0 Å². The van der Waals surface area contributed by atoms with Gasteiger partial charge in [0, 0.05) is 18.4 Å². The van der Waals surface area contributed by atoms with E-state index in [4.69, 9.17) is 14.2 Å². The fourth-order valence-electron chi connectivity index (χ4n) is 4.59. The zero-order valence-electron chi connectivity index (χ0n) is 17.5. The van der Waals surface area contributed by atoms with Gasteiger partial charge < -0.3 is 14.2 Å². The van der Waals surface area contributed by atoms with Crippen molar-refractivity contribution in [1.82, 2.24) is 0 Å². The lowest BCUT2D eigenvalue weighted by molar-refractivity contribution is -0.180. The summed E-state index contributed by atoms with van der Waals surface area (Å²) in [4.78, 5) is 37.0. The maximum Gasteiger partial charge on any atom is 0.351 e. The molecule has 1 aliphatic heterocycles. The SMILES string of the molecule is C=C[C@@]1(C)C[C@H](OC(=O)/C(C)=C\C)[C@@H]2[C@@H](OC(=O)[C@@]2(C)OC(C)=O)[C@@H]1C(=C)C. The van der Waals surface area contributed by atoms with Gasteiger partial charge in [0.25, 0.3) is 0 Å². The van der Waals surface area contributed by atoms with Gasteiger partial charge in [0.05, 0.1) is 5.92 Å². The Labute approximate surface area is 166 Å². The fraction of sp³-hybridized carbons (Fsp3) is 0.591. The van der Waals surface area contributed by atoms with E-state index in [-0.39, 0.29) is 5.92 Å². The average molecular weight is 390 g/mol. The van der Waals surface area contributed by atoms with Crippen LogP contribution in [0.1, 0.15) is 48.0 Å². The number of allylic oxidation sites excluding steroid dienone is 2. The molecule has 1 heterocycles. The number of carbonyl (C=O) groups excluding carboxylic acids is 3. The summed E-state index contributed by atoms with van der Waals surface area (Å²) in [5, 5.41) is 0. The molecule has 28 heavy (non-hydrogen) atoms. The van der Waals surface area contributed by atoms with Crippen molar-refractivity contribution in [3.05, 3.63) is 36.5 Å². The minimum atomic E-state index is -1.54. The van der Waals surface area contributed by atoms with E-state index in [9.17, 15) is 14.4 Å². The topological polar surface area (TPSA) is 78.9 Å². The second-order valence-electron chi connectivity index (χ2n) is 8.25. The van der Waals surface area contributed by atoms with Crippen LogP contribution in [0.3, 0.4) is 0 Å². The van der Waals surface area contributed by atoms with Crippen molar-refractivity contribution in [3.8, 4) is 0 Å². The molecular weight excluding hydrogens is 360 g/mol. The molecule has 0 aromatic rings. The van der Waals surface area contributed by atoms with Crippen LogP contribution in [0, 0.1) is 17.3 Å². The smallest absolute Gasteiger partial charge is 0.351 e. The van der Waals surface area contributed by atoms with E-state index >= 15 is 0 Å². The molecule has 0 aromatic heterocycles. The molecule has 0 amide bonds. The number of hydrogen-bond donors (Lipinski definition) is 0. The van der Waals surface area contributed by atoms with Crippen LogP contribution in [0.15, 0.2) is 36.5 Å². The van der Waals surface area contributed by atoms with E-state index in [1.807, 2.05) is 13.8 Å². The number of hydrogen-bond acceptors (Lipinski definition) is 6. The Hall–Kier alpha value is -2.37. The lowest BCUT2D eigenvalue weighted by Crippen LogP contribution is -2.57. The first-order chi connectivity index (χ1) is 12.9. The van der Waals surface area contributed by atoms with E-state index in [1.165, 1.54) is 13.8 Å². The summed E-state index contributed by atoms with van der Waals surface area (Å²) in [7, 11) is 0. The van der Waals surface area contributed by atoms with Crippen LogP contribution in [0.5, 0.6) is 0 Å². The molecule has 1 aliphatic carbocycles. The Bertz CT molecular complexity index is 750. The predicted octanol–water partition coefficient (Wildman–Crippen LogP) is 3.52. The zero-order chi connectivity index (χ0) is 21.4. The van der Waals surface area contributed by atoms with Crippen molar-refractivity contribution < 1.29 is 28.6 Å². The summed E-state index contributed by atoms with van der Waals surface area (Å²) in [5.41, 5.74) is -0.768. The lowest BCUT2D eigenvalue weighted by Gasteiger charge is -2.49. The van der Waals surface area contributed by atoms with E-state index < -0.39 is 47.0 Å². The van der Waals surface area contributed by atoms with E-state index in [0.717, 1.165) is 5.57 Å². The number of esters is 3. The predicted molar refractivity (Wildman–Crippen MR) is 104 cm³/mol. The third-order valence-electron chi connectivity index (χ3n) is 6.09. The van der Waals surface area contributed by atoms with E-state index in [2.05, 4.69) is 13.2 Å². The highest BCUT2D eigenvalue weighted by Crippen LogP contribution is 2.55. The Morgan fingerprint density at radius 3 is 2.32 bits per heavy atom. The minimum Gasteiger partial charge on any atom is -0.458 e. The first kappa shape index (κ1) is 21.9. The Balaban J connectivity index is 2.58. The largest absolute Gasteiger partial charge is 0.458 e. The average Bonchev–Trinajstić information content (AvgIpc) is 2.83. The van der Waals surface area contributed by atoms with Gasteiger partial charge in [-0.3, -0.25) is 4.79 Å². The third-order valence-corrected chi connectivity index (χ3v) is 6.09. The highest BCUT2D eigenvalue weighted by Gasteiger charge is 2.67. The van der Waals surface area contributed by atoms with Gasteiger partial charge in [-0.25, -0.2) is 9.59 Å². The monoisotopic (exact) mass is 390 g/mol. The highest BCUT2D eigenvalue weighted by molar-refractivity contribution is 5.88. The molecule has 0 N–H and O–H groups in total. The van der Waals surface area contributed by atoms with Crippen LogP contribution in [0.25, 0.3) is 0 Å². The summed E-state index contributed by atoms with van der Waals surface area (Å²) < 4.78 is 17.0. The van der Waals surface area contributed by atoms with Crippen LogP contribution in [-0.2, 0) is 28.6 Å². The van der Waals surface area contributed by atoms with Crippen LogP contribution < -0.4 is 0 Å². The normalized spacial score (nSPS) is 37.5. The molecule has 2 rings (SSSR count). The zero-order valence-corrected chi connectivity index (χ0v) is 17.5. The molecule has 154 valence electrons. The van der Waals surface area contributed by atoms with Crippen molar-refractivity contribution in [3.63, 3.8) is 0 Å². The molecule has 0 radical (unpaired) electrons. The maximum atomic E-state index is 12.8. The molecule has 0 unspecified atom stereocenters. The van der Waals surface area contributed by atoms with Gasteiger partial charge in [0.2, 0.25) is 5.60 Å². The third kappa shape index (κ3) is 3.52. The molecule has 6 atom stereocenters. The number of rotatable bonds is 5. The second-order valence-corrected chi connectivity index (χ2v) is 8.25. The molecule has 6 nitrogen and oxygen atoms in total. The highest BCUT2D eigenvalue weighted by atomic mass is 16.6. The van der Waals surface area contributed by atoms with Gasteiger partial charge in [-0.15, -0.1) is 6.58 Å². The van der Waals surface area contributed by atoms with Gasteiger partial charge in [-0.05, 0) is 39.5 Å². The van der Waals surface area contributed by atoms with Crippen molar-refractivity contribution >= 4 is 17.9 Å². The summed E-state index contributed by atoms with van der Waals surface area (Å²) in [6, 6.07) is 0. The van der Waals surface area contributed by atoms with Crippen LogP contribution in [0.2, 0.25) is 0 Å². The molecule has 0 spiro atoms. The summed E-state index contributed by atoms with van der Waals surface area (Å²) >= 11 is 0. The maximum absolute atomic E-state index is 12.8. The lowest BCUT2D eigenvalue weighted by atomic mass is 9.57. The summed E-state index contributed by atoms with van der Waals surface area (Å²) in [6.45, 7) is 18.1. The number of ether oxygens (including phenoxy) is 3. The standard InChI is InChI=1S/C22H30O6/c1-9-13(5)19(24)26-15-11-21(7,10-2)16(12(3)4)18-17(15)22(8,20(25)27-18)28-14(6)23/h9-10,15-18H,2-3,11H2,1,4-8H3/b13-9-/t15-,16-,17+,18-,21-,22-/m0/s1. The van der Waals surface area contributed by atoms with Gasteiger partial charge in [-0.2, -0.15) is 0 Å². The van der Waals surface area contributed by atoms with Crippen LogP contribution in [0.4, 0.5) is 0 Å². The molecule has 0 bridgehead atoms. The van der Waals surface area contributed by atoms with Gasteiger partial charge in [0.15, 0.2) is 0 Å². The van der Waals surface area contributed by atoms with Crippen molar-refractivity contribution in [2.24, 2.45) is 17.3 Å².